The van der Waals surface area contributed by atoms with Crippen molar-refractivity contribution in [3.8, 4) is 0 Å². The Morgan fingerprint density at radius 2 is 2.05 bits per heavy atom. The van der Waals surface area contributed by atoms with Crippen molar-refractivity contribution in [2.75, 3.05) is 19.6 Å². The van der Waals surface area contributed by atoms with Gasteiger partial charge in [0.2, 0.25) is 5.91 Å². The molecule has 4 heteroatoms. The van der Waals surface area contributed by atoms with Gasteiger partial charge in [-0.25, -0.2) is 4.39 Å². The first-order valence-electron chi connectivity index (χ1n) is 7.35. The highest BCUT2D eigenvalue weighted by atomic mass is 19.1. The minimum Gasteiger partial charge on any atom is -0.342 e. The molecule has 2 N–H and O–H groups in total. The van der Waals surface area contributed by atoms with Crippen molar-refractivity contribution >= 4 is 5.91 Å². The number of likely N-dealkylation sites (tertiary alicyclic amines) is 1. The molecule has 1 saturated heterocycles. The van der Waals surface area contributed by atoms with Crippen molar-refractivity contribution in [3.63, 3.8) is 0 Å². The fourth-order valence-corrected chi connectivity index (χ4v) is 2.77. The Hall–Kier alpha value is -1.42. The van der Waals surface area contributed by atoms with E-state index < -0.39 is 0 Å². The quantitative estimate of drug-likeness (QED) is 0.918. The third-order valence-corrected chi connectivity index (χ3v) is 4.08. The van der Waals surface area contributed by atoms with E-state index in [2.05, 4.69) is 0 Å². The number of nitrogens with two attached hydrogens (primary N) is 1. The van der Waals surface area contributed by atoms with Crippen molar-refractivity contribution in [1.82, 2.24) is 4.90 Å². The number of hydrogen-bond acceptors (Lipinski definition) is 2. The summed E-state index contributed by atoms with van der Waals surface area (Å²) in [5.41, 5.74) is 7.67. The third kappa shape index (κ3) is 3.57. The predicted molar refractivity (Wildman–Crippen MR) is 77.8 cm³/mol. The second-order valence-electron chi connectivity index (χ2n) is 5.59. The van der Waals surface area contributed by atoms with Gasteiger partial charge in [-0.05, 0) is 55.9 Å². The summed E-state index contributed by atoms with van der Waals surface area (Å²) in [5, 5.41) is 0. The summed E-state index contributed by atoms with van der Waals surface area (Å²) >= 11 is 0. The maximum absolute atomic E-state index is 13.3. The van der Waals surface area contributed by atoms with Gasteiger partial charge in [-0.3, -0.25) is 4.79 Å². The highest BCUT2D eigenvalue weighted by molar-refractivity contribution is 5.79. The topological polar surface area (TPSA) is 46.3 Å². The molecule has 1 fully saturated rings. The van der Waals surface area contributed by atoms with Crippen LogP contribution in [0.4, 0.5) is 4.39 Å². The summed E-state index contributed by atoms with van der Waals surface area (Å²) in [4.78, 5) is 14.4. The van der Waals surface area contributed by atoms with Crippen molar-refractivity contribution in [2.45, 2.75) is 32.6 Å². The van der Waals surface area contributed by atoms with E-state index in [1.54, 1.807) is 6.07 Å². The van der Waals surface area contributed by atoms with Gasteiger partial charge in [0.1, 0.15) is 5.82 Å². The molecule has 1 aromatic rings. The van der Waals surface area contributed by atoms with Gasteiger partial charge in [0, 0.05) is 19.6 Å². The van der Waals surface area contributed by atoms with E-state index in [0.29, 0.717) is 13.0 Å². The predicted octanol–water partition coefficient (Wildman–Crippen LogP) is 2.26. The number of aryl methyl sites for hydroxylation is 1. The largest absolute Gasteiger partial charge is 0.342 e. The summed E-state index contributed by atoms with van der Waals surface area (Å²) in [6.45, 7) is 3.91. The van der Waals surface area contributed by atoms with Crippen molar-refractivity contribution < 1.29 is 9.18 Å². The van der Waals surface area contributed by atoms with Gasteiger partial charge in [-0.15, -0.1) is 0 Å². The highest BCUT2D eigenvalue weighted by Gasteiger charge is 2.25. The normalized spacial score (nSPS) is 17.1. The molecule has 1 unspecified atom stereocenters. The van der Waals surface area contributed by atoms with Gasteiger partial charge in [0.05, 0.1) is 5.92 Å². The number of nitrogens with zero attached hydrogens (tertiary/aromatic N) is 1. The van der Waals surface area contributed by atoms with Gasteiger partial charge in [0.15, 0.2) is 0 Å². The Labute approximate surface area is 120 Å². The molecule has 0 bridgehead atoms. The number of hydrogen-bond donors (Lipinski definition) is 1. The number of halogens is 1. The molecule has 20 heavy (non-hydrogen) atoms. The molecular weight excluding hydrogens is 255 g/mol. The Morgan fingerprint density at radius 1 is 1.35 bits per heavy atom. The van der Waals surface area contributed by atoms with Gasteiger partial charge in [-0.1, -0.05) is 6.07 Å². The molecule has 0 radical (unpaired) electrons. The van der Waals surface area contributed by atoms with Crippen LogP contribution in [0.5, 0.6) is 0 Å². The zero-order chi connectivity index (χ0) is 14.5. The van der Waals surface area contributed by atoms with Gasteiger partial charge in [0.25, 0.3) is 0 Å². The van der Waals surface area contributed by atoms with E-state index in [4.69, 9.17) is 5.73 Å². The Kier molecular flexibility index (Phi) is 5.12. The highest BCUT2D eigenvalue weighted by Crippen LogP contribution is 2.18. The van der Waals surface area contributed by atoms with E-state index in [9.17, 15) is 9.18 Å². The summed E-state index contributed by atoms with van der Waals surface area (Å²) in [6.07, 6.45) is 3.86. The van der Waals surface area contributed by atoms with Crippen LogP contribution in [-0.2, 0) is 11.2 Å². The van der Waals surface area contributed by atoms with Crippen LogP contribution in [0.15, 0.2) is 18.2 Å². The van der Waals surface area contributed by atoms with Crippen LogP contribution in [0, 0.1) is 18.7 Å². The second kappa shape index (κ2) is 6.84. The van der Waals surface area contributed by atoms with Gasteiger partial charge in [-0.2, -0.15) is 0 Å². The molecule has 3 nitrogen and oxygen atoms in total. The first-order valence-corrected chi connectivity index (χ1v) is 7.35. The van der Waals surface area contributed by atoms with Gasteiger partial charge >= 0.3 is 0 Å². The van der Waals surface area contributed by atoms with Crippen LogP contribution in [0.3, 0.4) is 0 Å². The van der Waals surface area contributed by atoms with Crippen LogP contribution < -0.4 is 5.73 Å². The molecule has 1 heterocycles. The maximum Gasteiger partial charge on any atom is 0.227 e. The minimum atomic E-state index is -0.258. The molecule has 110 valence electrons. The van der Waals surface area contributed by atoms with E-state index >= 15 is 0 Å². The molecule has 1 atom stereocenters. The average Bonchev–Trinajstić information content (AvgIpc) is 2.48. The van der Waals surface area contributed by atoms with E-state index in [0.717, 1.165) is 37.1 Å². The average molecular weight is 278 g/mol. The lowest BCUT2D eigenvalue weighted by Crippen LogP contribution is -2.42. The maximum atomic E-state index is 13.3. The van der Waals surface area contributed by atoms with Gasteiger partial charge < -0.3 is 10.6 Å². The number of rotatable bonds is 4. The molecule has 0 aromatic heterocycles. The fourth-order valence-electron chi connectivity index (χ4n) is 2.77. The molecule has 1 amide bonds. The third-order valence-electron chi connectivity index (χ3n) is 4.08. The van der Waals surface area contributed by atoms with E-state index in [1.165, 1.54) is 18.6 Å². The van der Waals surface area contributed by atoms with E-state index in [-0.39, 0.29) is 17.6 Å². The summed E-state index contributed by atoms with van der Waals surface area (Å²) in [7, 11) is 0. The van der Waals surface area contributed by atoms with Crippen LogP contribution in [0.25, 0.3) is 0 Å². The SMILES string of the molecule is Cc1ccc(F)cc1CC(CN)C(=O)N1CCCCC1. The van der Waals surface area contributed by atoms with Crippen LogP contribution in [0.1, 0.15) is 30.4 Å². The Morgan fingerprint density at radius 3 is 2.70 bits per heavy atom. The number of benzene rings is 1. The lowest BCUT2D eigenvalue weighted by atomic mass is 9.94. The monoisotopic (exact) mass is 278 g/mol. The zero-order valence-electron chi connectivity index (χ0n) is 12.1. The molecule has 1 aliphatic heterocycles. The van der Waals surface area contributed by atoms with Crippen LogP contribution in [-0.4, -0.2) is 30.4 Å². The summed E-state index contributed by atoms with van der Waals surface area (Å²) in [5.74, 6) is -0.378. The first-order chi connectivity index (χ1) is 9.61. The standard InChI is InChI=1S/C16H23FN2O/c1-12-5-6-15(17)10-13(12)9-14(11-18)16(20)19-7-3-2-4-8-19/h5-6,10,14H,2-4,7-9,11,18H2,1H3. The fraction of sp³-hybridized carbons (Fsp3) is 0.562. The molecule has 1 aromatic carbocycles. The van der Waals surface area contributed by atoms with Crippen LogP contribution >= 0.6 is 0 Å². The lowest BCUT2D eigenvalue weighted by Gasteiger charge is -2.30. The van der Waals surface area contributed by atoms with Crippen molar-refractivity contribution in [3.05, 3.63) is 35.1 Å². The number of amides is 1. The minimum absolute atomic E-state index is 0.121. The molecule has 1 aliphatic rings. The molecular formula is C16H23FN2O. The molecule has 0 aliphatic carbocycles. The molecule has 0 saturated carbocycles. The Bertz CT molecular complexity index is 470. The summed E-state index contributed by atoms with van der Waals surface area (Å²) in [6, 6.07) is 4.72. The Balaban J connectivity index is 2.07. The van der Waals surface area contributed by atoms with E-state index in [1.807, 2.05) is 11.8 Å². The molecule has 0 spiro atoms. The van der Waals surface area contributed by atoms with Crippen LogP contribution in [0.2, 0.25) is 0 Å². The zero-order valence-corrected chi connectivity index (χ0v) is 12.1. The number of carbonyl (C=O) groups excluding carboxylic acids is 1. The molecule has 2 rings (SSSR count). The first kappa shape index (κ1) is 15.0. The summed E-state index contributed by atoms with van der Waals surface area (Å²) < 4.78 is 13.3. The van der Waals surface area contributed by atoms with Crippen molar-refractivity contribution in [1.29, 1.82) is 0 Å². The van der Waals surface area contributed by atoms with Crippen molar-refractivity contribution in [2.24, 2.45) is 11.7 Å². The second-order valence-corrected chi connectivity index (χ2v) is 5.59. The lowest BCUT2D eigenvalue weighted by molar-refractivity contribution is -0.136. The number of piperidine rings is 1. The smallest absolute Gasteiger partial charge is 0.227 e. The number of carbonyl (C=O) groups is 1.